The molecule has 0 spiro atoms. The number of thioether (sulfide) groups is 1. The summed E-state index contributed by atoms with van der Waals surface area (Å²) in [6.45, 7) is 5.21. The fraction of sp³-hybridized carbons (Fsp3) is 0.632. The third kappa shape index (κ3) is 5.04. The average Bonchev–Trinajstić information content (AvgIpc) is 3.17. The Labute approximate surface area is 166 Å². The summed E-state index contributed by atoms with van der Waals surface area (Å²) in [6.07, 6.45) is 4.84. The topological polar surface area (TPSA) is 75.7 Å². The normalized spacial score (nSPS) is 20.5. The average molecular weight is 413 g/mol. The molecule has 1 saturated carbocycles. The summed E-state index contributed by atoms with van der Waals surface area (Å²) in [5, 5.41) is 3.29. The molecular weight excluding hydrogens is 384 g/mol. The third-order valence-corrected chi connectivity index (χ3v) is 8.63. The molecule has 1 amide bonds. The van der Waals surface area contributed by atoms with Crippen LogP contribution in [0, 0.1) is 6.92 Å². The summed E-state index contributed by atoms with van der Waals surface area (Å²) in [5.74, 6) is -0.0783. The highest BCUT2D eigenvalue weighted by atomic mass is 32.2. The number of sulfonamides is 1. The molecule has 1 atom stereocenters. The molecule has 3 rings (SSSR count). The van der Waals surface area contributed by atoms with Crippen molar-refractivity contribution in [2.45, 2.75) is 54.9 Å². The van der Waals surface area contributed by atoms with Crippen LogP contribution in [0.1, 0.15) is 38.2 Å². The zero-order valence-corrected chi connectivity index (χ0v) is 17.6. The molecule has 0 radical (unpaired) electrons. The summed E-state index contributed by atoms with van der Waals surface area (Å²) < 4.78 is 32.6. The van der Waals surface area contributed by atoms with E-state index in [1.54, 1.807) is 36.9 Å². The van der Waals surface area contributed by atoms with Gasteiger partial charge >= 0.3 is 0 Å². The van der Waals surface area contributed by atoms with E-state index in [0.29, 0.717) is 42.8 Å². The molecule has 0 aromatic heterocycles. The van der Waals surface area contributed by atoms with Gasteiger partial charge in [-0.15, -0.1) is 11.8 Å². The highest BCUT2D eigenvalue weighted by Gasteiger charge is 2.28. The Bertz CT molecular complexity index is 770. The summed E-state index contributed by atoms with van der Waals surface area (Å²) in [5.41, 5.74) is 1.20. The van der Waals surface area contributed by atoms with Gasteiger partial charge in [0, 0.05) is 24.0 Å². The van der Waals surface area contributed by atoms with E-state index in [0.717, 1.165) is 0 Å². The number of carbonyl (C=O) groups excluding carboxylic acids is 1. The molecule has 27 heavy (non-hydrogen) atoms. The van der Waals surface area contributed by atoms with Gasteiger partial charge < -0.3 is 10.1 Å². The molecule has 1 N–H and O–H groups in total. The maximum Gasteiger partial charge on any atom is 0.243 e. The fourth-order valence-corrected chi connectivity index (χ4v) is 6.52. The van der Waals surface area contributed by atoms with E-state index in [1.807, 2.05) is 6.92 Å². The molecule has 8 heteroatoms. The first kappa shape index (κ1) is 20.6. The van der Waals surface area contributed by atoms with Crippen molar-refractivity contribution >= 4 is 33.4 Å². The van der Waals surface area contributed by atoms with E-state index in [-0.39, 0.29) is 16.1 Å². The molecule has 0 unspecified atom stereocenters. The number of benzene rings is 1. The second-order valence-corrected chi connectivity index (χ2v) is 10.7. The lowest BCUT2D eigenvalue weighted by atomic mass is 10.2. The Morgan fingerprint density at radius 3 is 2.59 bits per heavy atom. The zero-order chi connectivity index (χ0) is 19.4. The van der Waals surface area contributed by atoms with Gasteiger partial charge in [-0.05, 0) is 44.4 Å². The number of hydrogen-bond acceptors (Lipinski definition) is 5. The number of ether oxygens (including phenoxy) is 1. The quantitative estimate of drug-likeness (QED) is 0.777. The number of aryl methyl sites for hydroxylation is 1. The van der Waals surface area contributed by atoms with Crippen molar-refractivity contribution < 1.29 is 17.9 Å². The fourth-order valence-electron chi connectivity index (χ4n) is 3.50. The van der Waals surface area contributed by atoms with Crippen LogP contribution in [0.2, 0.25) is 0 Å². The Morgan fingerprint density at radius 2 is 1.93 bits per heavy atom. The first-order chi connectivity index (χ1) is 12.9. The maximum atomic E-state index is 13.0. The second-order valence-electron chi connectivity index (χ2n) is 7.17. The summed E-state index contributed by atoms with van der Waals surface area (Å²) in [6, 6.07) is 5.08. The van der Waals surface area contributed by atoms with Crippen molar-refractivity contribution in [2.75, 3.05) is 31.6 Å². The van der Waals surface area contributed by atoms with Crippen LogP contribution in [0.25, 0.3) is 0 Å². The van der Waals surface area contributed by atoms with Crippen molar-refractivity contribution in [3.63, 3.8) is 0 Å². The van der Waals surface area contributed by atoms with Gasteiger partial charge in [-0.2, -0.15) is 4.31 Å². The number of morpholine rings is 1. The number of anilines is 1. The van der Waals surface area contributed by atoms with Crippen molar-refractivity contribution in [1.29, 1.82) is 0 Å². The predicted octanol–water partition coefficient (Wildman–Crippen LogP) is 3.02. The largest absolute Gasteiger partial charge is 0.379 e. The van der Waals surface area contributed by atoms with Gasteiger partial charge in [0.2, 0.25) is 15.9 Å². The molecule has 2 aliphatic rings. The van der Waals surface area contributed by atoms with Gasteiger partial charge in [-0.1, -0.05) is 18.9 Å². The van der Waals surface area contributed by atoms with Crippen LogP contribution in [-0.2, 0) is 19.6 Å². The molecule has 6 nitrogen and oxygen atoms in total. The number of amides is 1. The summed E-state index contributed by atoms with van der Waals surface area (Å²) in [7, 11) is -3.59. The summed E-state index contributed by atoms with van der Waals surface area (Å²) in [4.78, 5) is 12.8. The number of nitrogens with one attached hydrogen (secondary N) is 1. The van der Waals surface area contributed by atoms with Crippen LogP contribution in [0.5, 0.6) is 0 Å². The molecule has 150 valence electrons. The minimum absolute atomic E-state index is 0.0783. The number of nitrogens with zero attached hydrogens (tertiary/aromatic N) is 1. The van der Waals surface area contributed by atoms with Crippen molar-refractivity contribution in [3.05, 3.63) is 23.8 Å². The van der Waals surface area contributed by atoms with Crippen LogP contribution in [0.3, 0.4) is 0 Å². The molecular formula is C19H28N2O4S2. The Balaban J connectivity index is 1.71. The van der Waals surface area contributed by atoms with Crippen molar-refractivity contribution in [1.82, 2.24) is 4.31 Å². The first-order valence-electron chi connectivity index (χ1n) is 9.53. The Morgan fingerprint density at radius 1 is 1.26 bits per heavy atom. The smallest absolute Gasteiger partial charge is 0.243 e. The van der Waals surface area contributed by atoms with Crippen LogP contribution >= 0.6 is 11.8 Å². The lowest BCUT2D eigenvalue weighted by Gasteiger charge is -2.27. The van der Waals surface area contributed by atoms with Crippen LogP contribution in [-0.4, -0.2) is 55.4 Å². The van der Waals surface area contributed by atoms with E-state index >= 15 is 0 Å². The molecule has 1 heterocycles. The Kier molecular flexibility index (Phi) is 6.83. The minimum atomic E-state index is -3.59. The van der Waals surface area contributed by atoms with Gasteiger partial charge in [-0.25, -0.2) is 8.42 Å². The van der Waals surface area contributed by atoms with E-state index in [4.69, 9.17) is 4.74 Å². The standard InChI is InChI=1S/C19H28N2O4S2/c1-14-7-8-16(20-19(22)15(2)26-17-5-3-4-6-17)13-18(14)27(23,24)21-9-11-25-12-10-21/h7-8,13,15,17H,3-6,9-12H2,1-2H3,(H,20,22)/t15-/m1/s1. The lowest BCUT2D eigenvalue weighted by Crippen LogP contribution is -2.40. The van der Waals surface area contributed by atoms with Crippen molar-refractivity contribution in [2.24, 2.45) is 0 Å². The molecule has 1 aromatic carbocycles. The Hall–Kier alpha value is -1.09. The monoisotopic (exact) mass is 412 g/mol. The first-order valence-corrected chi connectivity index (χ1v) is 11.9. The predicted molar refractivity (Wildman–Crippen MR) is 109 cm³/mol. The van der Waals surface area contributed by atoms with Crippen LogP contribution in [0.4, 0.5) is 5.69 Å². The zero-order valence-electron chi connectivity index (χ0n) is 15.9. The second kappa shape index (κ2) is 8.94. The summed E-state index contributed by atoms with van der Waals surface area (Å²) >= 11 is 1.72. The minimum Gasteiger partial charge on any atom is -0.379 e. The molecule has 1 saturated heterocycles. The molecule has 1 aromatic rings. The molecule has 1 aliphatic carbocycles. The maximum absolute atomic E-state index is 13.0. The van der Waals surface area contributed by atoms with E-state index in [1.165, 1.54) is 30.0 Å². The van der Waals surface area contributed by atoms with Crippen LogP contribution in [0.15, 0.2) is 23.1 Å². The molecule has 1 aliphatic heterocycles. The van der Waals surface area contributed by atoms with Gasteiger partial charge in [0.1, 0.15) is 0 Å². The molecule has 2 fully saturated rings. The van der Waals surface area contributed by atoms with Gasteiger partial charge in [-0.3, -0.25) is 4.79 Å². The highest BCUT2D eigenvalue weighted by Crippen LogP contribution is 2.32. The van der Waals surface area contributed by atoms with Crippen LogP contribution < -0.4 is 5.32 Å². The van der Waals surface area contributed by atoms with E-state index in [2.05, 4.69) is 5.32 Å². The SMILES string of the molecule is Cc1ccc(NC(=O)[C@@H](C)SC2CCCC2)cc1S(=O)(=O)N1CCOCC1. The lowest BCUT2D eigenvalue weighted by molar-refractivity contribution is -0.115. The van der Waals surface area contributed by atoms with Gasteiger partial charge in [0.15, 0.2) is 0 Å². The van der Waals surface area contributed by atoms with Gasteiger partial charge in [0.05, 0.1) is 23.4 Å². The van der Waals surface area contributed by atoms with Crippen molar-refractivity contribution in [3.8, 4) is 0 Å². The van der Waals surface area contributed by atoms with Gasteiger partial charge in [0.25, 0.3) is 0 Å². The van der Waals surface area contributed by atoms with E-state index < -0.39 is 10.0 Å². The van der Waals surface area contributed by atoms with E-state index in [9.17, 15) is 13.2 Å². The number of carbonyl (C=O) groups is 1. The third-order valence-electron chi connectivity index (χ3n) is 5.11. The number of hydrogen-bond donors (Lipinski definition) is 1. The highest BCUT2D eigenvalue weighted by molar-refractivity contribution is 8.01. The number of rotatable bonds is 6. The molecule has 0 bridgehead atoms.